The highest BCUT2D eigenvalue weighted by Crippen LogP contribution is 2.32. The number of carbonyl (C=O) groups is 1. The number of halogens is 3. The monoisotopic (exact) mass is 471 g/mol. The summed E-state index contributed by atoms with van der Waals surface area (Å²) >= 11 is 0. The minimum Gasteiger partial charge on any atom is -0.484 e. The van der Waals surface area contributed by atoms with Crippen LogP contribution < -0.4 is 15.4 Å². The van der Waals surface area contributed by atoms with Crippen molar-refractivity contribution in [3.8, 4) is 16.9 Å². The van der Waals surface area contributed by atoms with E-state index in [1.807, 2.05) is 19.1 Å². The first kappa shape index (κ1) is 23.6. The number of aryl methyl sites for hydroxylation is 1. The Kier molecular flexibility index (Phi) is 6.74. The fraction of sp³-hybridized carbons (Fsp3) is 0.280. The summed E-state index contributed by atoms with van der Waals surface area (Å²) in [5, 5.41) is 16.0. The quantitative estimate of drug-likeness (QED) is 0.450. The number of hydrogen-bond donors (Lipinski definition) is 3. The summed E-state index contributed by atoms with van der Waals surface area (Å²) < 4.78 is 42.1. The van der Waals surface area contributed by atoms with Crippen LogP contribution in [0.1, 0.15) is 33.1 Å². The zero-order chi connectivity index (χ0) is 24.3. The van der Waals surface area contributed by atoms with E-state index < -0.39 is 18.8 Å². The molecule has 2 aromatic carbocycles. The lowest BCUT2D eigenvalue weighted by atomic mass is 9.89. The molecule has 0 fully saturated rings. The molecule has 4 rings (SSSR count). The number of fused-ring (bicyclic) bond motifs is 1. The molecule has 0 saturated heterocycles. The molecule has 178 valence electrons. The lowest BCUT2D eigenvalue weighted by Gasteiger charge is -2.28. The van der Waals surface area contributed by atoms with Crippen LogP contribution >= 0.6 is 0 Å². The van der Waals surface area contributed by atoms with E-state index >= 15 is 0 Å². The van der Waals surface area contributed by atoms with Gasteiger partial charge in [0.1, 0.15) is 5.75 Å². The van der Waals surface area contributed by atoms with Crippen molar-refractivity contribution >= 4 is 11.7 Å². The predicted molar refractivity (Wildman–Crippen MR) is 122 cm³/mol. The lowest BCUT2D eigenvalue weighted by molar-refractivity contribution is -0.153. The van der Waals surface area contributed by atoms with E-state index in [-0.39, 0.29) is 17.4 Å². The third-order valence-electron chi connectivity index (χ3n) is 5.76. The molecule has 2 heterocycles. The Morgan fingerprint density at radius 2 is 2.06 bits per heavy atom. The number of nitrogens with one attached hydrogen (secondary N) is 2. The van der Waals surface area contributed by atoms with Crippen molar-refractivity contribution in [2.24, 2.45) is 0 Å². The zero-order valence-corrected chi connectivity index (χ0v) is 18.4. The van der Waals surface area contributed by atoms with Gasteiger partial charge in [-0.2, -0.15) is 13.2 Å². The summed E-state index contributed by atoms with van der Waals surface area (Å²) in [6.07, 6.45) is -0.599. The first-order chi connectivity index (χ1) is 16.2. The topological polar surface area (TPSA) is 83.5 Å². The van der Waals surface area contributed by atoms with E-state index in [0.29, 0.717) is 12.2 Å². The second-order valence-electron chi connectivity index (χ2n) is 8.16. The molecule has 1 aromatic heterocycles. The van der Waals surface area contributed by atoms with E-state index in [9.17, 15) is 23.1 Å². The zero-order valence-electron chi connectivity index (χ0n) is 18.4. The highest BCUT2D eigenvalue weighted by Gasteiger charge is 2.28. The second-order valence-corrected chi connectivity index (χ2v) is 8.16. The second kappa shape index (κ2) is 9.72. The number of alkyl halides is 3. The Bertz CT molecular complexity index is 1200. The molecule has 0 saturated carbocycles. The lowest BCUT2D eigenvalue weighted by Crippen LogP contribution is -2.34. The fourth-order valence-electron chi connectivity index (χ4n) is 4.15. The van der Waals surface area contributed by atoms with Crippen LogP contribution in [0.25, 0.3) is 11.1 Å². The summed E-state index contributed by atoms with van der Waals surface area (Å²) in [6, 6.07) is 12.5. The molecule has 0 aliphatic carbocycles. The minimum atomic E-state index is -4.38. The Morgan fingerprint density at radius 1 is 1.24 bits per heavy atom. The highest BCUT2D eigenvalue weighted by molar-refractivity contribution is 5.93. The van der Waals surface area contributed by atoms with Gasteiger partial charge in [-0.1, -0.05) is 24.3 Å². The number of aromatic nitrogens is 1. The van der Waals surface area contributed by atoms with Gasteiger partial charge in [-0.15, -0.1) is 0 Å². The van der Waals surface area contributed by atoms with Crippen LogP contribution in [-0.4, -0.2) is 41.9 Å². The molecule has 0 radical (unpaired) electrons. The molecule has 1 aliphatic rings. The van der Waals surface area contributed by atoms with Gasteiger partial charge in [-0.25, -0.2) is 4.79 Å². The average molecular weight is 471 g/mol. The van der Waals surface area contributed by atoms with Crippen LogP contribution in [0, 0.1) is 6.92 Å². The van der Waals surface area contributed by atoms with Gasteiger partial charge in [0.05, 0.1) is 17.4 Å². The predicted octanol–water partition coefficient (Wildman–Crippen LogP) is 5.00. The van der Waals surface area contributed by atoms with Crippen molar-refractivity contribution in [1.82, 2.24) is 10.3 Å². The van der Waals surface area contributed by atoms with E-state index in [1.54, 1.807) is 18.2 Å². The van der Waals surface area contributed by atoms with Crippen LogP contribution in [0.15, 0.2) is 54.9 Å². The molecule has 3 N–H and O–H groups in total. The summed E-state index contributed by atoms with van der Waals surface area (Å²) in [5.41, 5.74) is 5.65. The molecule has 34 heavy (non-hydrogen) atoms. The Balaban J connectivity index is 1.51. The van der Waals surface area contributed by atoms with Gasteiger partial charge in [0, 0.05) is 18.8 Å². The SMILES string of the molecule is Cc1cc(OCC(F)(F)F)ccc1-c1ccc2c(c1)CCN[C@H]2CNc1cnccc1C(=O)O. The van der Waals surface area contributed by atoms with Gasteiger partial charge < -0.3 is 20.5 Å². The summed E-state index contributed by atoms with van der Waals surface area (Å²) in [7, 11) is 0. The van der Waals surface area contributed by atoms with Gasteiger partial charge in [-0.05, 0) is 65.9 Å². The molecule has 1 atom stereocenters. The van der Waals surface area contributed by atoms with E-state index in [2.05, 4.69) is 21.7 Å². The van der Waals surface area contributed by atoms with Crippen LogP contribution in [0.5, 0.6) is 5.75 Å². The number of hydrogen-bond acceptors (Lipinski definition) is 5. The van der Waals surface area contributed by atoms with Crippen molar-refractivity contribution in [3.05, 3.63) is 77.1 Å². The number of benzene rings is 2. The van der Waals surface area contributed by atoms with Crippen molar-refractivity contribution in [2.45, 2.75) is 25.6 Å². The van der Waals surface area contributed by atoms with Crippen LogP contribution in [0.3, 0.4) is 0 Å². The van der Waals surface area contributed by atoms with Gasteiger partial charge in [0.25, 0.3) is 0 Å². The van der Waals surface area contributed by atoms with E-state index in [1.165, 1.54) is 24.0 Å². The normalized spacial score (nSPS) is 15.5. The number of pyridine rings is 1. The summed E-state index contributed by atoms with van der Waals surface area (Å²) in [5.74, 6) is -0.834. The number of carboxylic acids is 1. The van der Waals surface area contributed by atoms with Crippen molar-refractivity contribution in [3.63, 3.8) is 0 Å². The van der Waals surface area contributed by atoms with Crippen molar-refractivity contribution < 1.29 is 27.8 Å². The van der Waals surface area contributed by atoms with Crippen LogP contribution in [0.2, 0.25) is 0 Å². The maximum Gasteiger partial charge on any atom is 0.422 e. The smallest absolute Gasteiger partial charge is 0.422 e. The Hall–Kier alpha value is -3.59. The number of nitrogens with zero attached hydrogens (tertiary/aromatic N) is 1. The molecule has 0 spiro atoms. The molecular formula is C25H24F3N3O3. The van der Waals surface area contributed by atoms with E-state index in [0.717, 1.165) is 35.2 Å². The molecular weight excluding hydrogens is 447 g/mol. The number of anilines is 1. The molecule has 1 aliphatic heterocycles. The number of aromatic carboxylic acids is 1. The van der Waals surface area contributed by atoms with Gasteiger partial charge in [0.2, 0.25) is 0 Å². The van der Waals surface area contributed by atoms with Gasteiger partial charge >= 0.3 is 12.1 Å². The van der Waals surface area contributed by atoms with E-state index in [4.69, 9.17) is 4.74 Å². The van der Waals surface area contributed by atoms with Crippen molar-refractivity contribution in [2.75, 3.05) is 25.0 Å². The molecule has 0 bridgehead atoms. The number of rotatable bonds is 7. The Labute approximate surface area is 194 Å². The first-order valence-corrected chi connectivity index (χ1v) is 10.8. The third-order valence-corrected chi connectivity index (χ3v) is 5.76. The molecule has 6 nitrogen and oxygen atoms in total. The molecule has 0 amide bonds. The standard InChI is InChI=1S/C25H24F3N3O3/c1-15-10-18(34-14-25(26,27)28)3-5-19(15)16-2-4-20-17(11-16)6-9-30-23(20)13-31-22-12-29-8-7-21(22)24(32)33/h2-5,7-8,10-12,23,30-31H,6,9,13-14H2,1H3,(H,32,33)/t23-/m0/s1. The molecule has 9 heteroatoms. The maximum absolute atomic E-state index is 12.4. The third kappa shape index (κ3) is 5.48. The minimum absolute atomic E-state index is 0.0149. The van der Waals surface area contributed by atoms with Gasteiger partial charge in [0.15, 0.2) is 6.61 Å². The van der Waals surface area contributed by atoms with Crippen LogP contribution in [0.4, 0.5) is 18.9 Å². The molecule has 3 aromatic rings. The number of carboxylic acid groups (broad SMARTS) is 1. The largest absolute Gasteiger partial charge is 0.484 e. The fourth-order valence-corrected chi connectivity index (χ4v) is 4.15. The summed E-state index contributed by atoms with van der Waals surface area (Å²) in [4.78, 5) is 15.4. The summed E-state index contributed by atoms with van der Waals surface area (Å²) in [6.45, 7) is 1.78. The van der Waals surface area contributed by atoms with Crippen molar-refractivity contribution in [1.29, 1.82) is 0 Å². The van der Waals surface area contributed by atoms with Crippen LogP contribution in [-0.2, 0) is 6.42 Å². The maximum atomic E-state index is 12.4. The van der Waals surface area contributed by atoms with Gasteiger partial charge in [-0.3, -0.25) is 4.98 Å². The number of ether oxygens (including phenoxy) is 1. The Morgan fingerprint density at radius 3 is 2.79 bits per heavy atom. The first-order valence-electron chi connectivity index (χ1n) is 10.8. The molecule has 0 unspecified atom stereocenters. The highest BCUT2D eigenvalue weighted by atomic mass is 19.4. The average Bonchev–Trinajstić information content (AvgIpc) is 2.80.